The lowest BCUT2D eigenvalue weighted by Crippen LogP contribution is -2.37. The van der Waals surface area contributed by atoms with Crippen molar-refractivity contribution in [3.8, 4) is 0 Å². The molecule has 0 saturated carbocycles. The molecule has 1 fully saturated rings. The van der Waals surface area contributed by atoms with Crippen molar-refractivity contribution in [1.29, 1.82) is 0 Å². The summed E-state index contributed by atoms with van der Waals surface area (Å²) in [6.45, 7) is 1.31. The minimum atomic E-state index is -3.09. The Morgan fingerprint density at radius 3 is 2.77 bits per heavy atom. The van der Waals surface area contributed by atoms with Gasteiger partial charge in [-0.15, -0.1) is 9.42 Å². The Balaban J connectivity index is 0.00000242. The molecular formula is C10H16FN3O6PS+. The number of alkyl halides is 1. The van der Waals surface area contributed by atoms with Gasteiger partial charge in [-0.2, -0.15) is 18.5 Å². The topological polar surface area (TPSA) is 137 Å². The van der Waals surface area contributed by atoms with E-state index >= 15 is 0 Å². The third kappa shape index (κ3) is 3.80. The number of aromatic nitrogens is 2. The first-order valence-corrected chi connectivity index (χ1v) is 7.09. The van der Waals surface area contributed by atoms with Crippen molar-refractivity contribution >= 4 is 27.6 Å². The van der Waals surface area contributed by atoms with Crippen molar-refractivity contribution < 1.29 is 28.2 Å². The molecule has 2 rings (SSSR count). The molecule has 0 aliphatic carbocycles. The summed E-state index contributed by atoms with van der Waals surface area (Å²) in [5.74, 6) is -0.0389. The third-order valence-electron chi connectivity index (χ3n) is 3.02. The van der Waals surface area contributed by atoms with Crippen LogP contribution in [0.2, 0.25) is 0 Å². The molecule has 6 atom stereocenters. The summed E-state index contributed by atoms with van der Waals surface area (Å²) < 4.78 is 35.8. The van der Waals surface area contributed by atoms with Gasteiger partial charge >= 0.3 is 13.9 Å². The number of hydrogen-bond acceptors (Lipinski definition) is 7. The van der Waals surface area contributed by atoms with Gasteiger partial charge in [0.25, 0.3) is 0 Å². The van der Waals surface area contributed by atoms with Crippen LogP contribution in [0.3, 0.4) is 0 Å². The fourth-order valence-corrected chi connectivity index (χ4v) is 2.55. The fourth-order valence-electron chi connectivity index (χ4n) is 2.11. The lowest BCUT2D eigenvalue weighted by atomic mass is 10.1. The van der Waals surface area contributed by atoms with Crippen LogP contribution in [0.5, 0.6) is 0 Å². The van der Waals surface area contributed by atoms with Crippen molar-refractivity contribution in [2.75, 3.05) is 5.73 Å². The maximum atomic E-state index is 14.4. The maximum absolute atomic E-state index is 14.4. The van der Waals surface area contributed by atoms with E-state index in [0.717, 1.165) is 4.57 Å². The van der Waals surface area contributed by atoms with Crippen LogP contribution in [0.25, 0.3) is 0 Å². The van der Waals surface area contributed by atoms with Crippen molar-refractivity contribution in [2.45, 2.75) is 37.6 Å². The second-order valence-corrected chi connectivity index (χ2v) is 5.21. The van der Waals surface area contributed by atoms with Crippen molar-refractivity contribution in [2.24, 2.45) is 0 Å². The molecule has 12 heteroatoms. The number of hydrogen-bond donors (Lipinski definition) is 3. The van der Waals surface area contributed by atoms with Gasteiger partial charge in [0.15, 0.2) is 18.5 Å². The van der Waals surface area contributed by atoms with Crippen molar-refractivity contribution in [3.05, 3.63) is 22.7 Å². The largest absolute Gasteiger partial charge is 0.695 e. The molecule has 124 valence electrons. The highest BCUT2D eigenvalue weighted by Crippen LogP contribution is 2.38. The standard InChI is InChI=1S/C10H13FN3O6P.H2S/c1-4(15)7-8(20-21(17)18)6(11)9(19-7)14-3-2-5(12)13-10(14)16;/h2-4,6-9,15H,1H3,(H2-,12,13,16,17,18);1H2/p+1/t4-,6?,7+,8+,9+;/m0./s1. The number of aliphatic hydroxyl groups excluding tert-OH is 1. The number of rotatable bonds is 4. The average molecular weight is 356 g/mol. The Morgan fingerprint density at radius 2 is 2.27 bits per heavy atom. The van der Waals surface area contributed by atoms with Crippen molar-refractivity contribution in [3.63, 3.8) is 0 Å². The number of ether oxygens (including phenoxy) is 1. The van der Waals surface area contributed by atoms with Gasteiger partial charge < -0.3 is 15.6 Å². The summed E-state index contributed by atoms with van der Waals surface area (Å²) in [5.41, 5.74) is 4.49. The first-order valence-electron chi connectivity index (χ1n) is 5.96. The Bertz CT molecular complexity index is 602. The second-order valence-electron chi connectivity index (χ2n) is 4.53. The minimum absolute atomic E-state index is 0. The highest BCUT2D eigenvalue weighted by molar-refractivity contribution is 7.59. The quantitative estimate of drug-likeness (QED) is 0.619. The number of nitrogens with zero attached hydrogens (tertiary/aromatic N) is 2. The molecule has 1 saturated heterocycles. The molecule has 9 nitrogen and oxygen atoms in total. The van der Waals surface area contributed by atoms with Gasteiger partial charge in [-0.05, 0) is 13.0 Å². The first-order chi connectivity index (χ1) is 9.81. The van der Waals surface area contributed by atoms with Crippen LogP contribution in [0.1, 0.15) is 13.2 Å². The van der Waals surface area contributed by atoms with E-state index in [1.807, 2.05) is 0 Å². The third-order valence-corrected chi connectivity index (χ3v) is 3.44. The summed E-state index contributed by atoms with van der Waals surface area (Å²) in [4.78, 5) is 23.9. The smallest absolute Gasteiger partial charge is 0.391 e. The Kier molecular flexibility index (Phi) is 6.41. The molecule has 0 bridgehead atoms. The van der Waals surface area contributed by atoms with Gasteiger partial charge in [-0.1, -0.05) is 0 Å². The van der Waals surface area contributed by atoms with E-state index in [1.165, 1.54) is 19.2 Å². The van der Waals surface area contributed by atoms with Gasteiger partial charge in [-0.25, -0.2) is 9.18 Å². The lowest BCUT2D eigenvalue weighted by molar-refractivity contribution is -0.0756. The van der Waals surface area contributed by atoms with Crippen LogP contribution < -0.4 is 11.4 Å². The van der Waals surface area contributed by atoms with E-state index in [0.29, 0.717) is 0 Å². The van der Waals surface area contributed by atoms with E-state index < -0.39 is 44.7 Å². The number of anilines is 1. The normalized spacial score (nSPS) is 29.7. The Hall–Kier alpha value is -1.10. The zero-order valence-corrected chi connectivity index (χ0v) is 13.3. The molecule has 22 heavy (non-hydrogen) atoms. The molecule has 1 aromatic heterocycles. The van der Waals surface area contributed by atoms with Gasteiger partial charge in [0, 0.05) is 10.8 Å². The molecule has 0 aromatic carbocycles. The van der Waals surface area contributed by atoms with Crippen LogP contribution in [0.4, 0.5) is 10.2 Å². The zero-order chi connectivity index (χ0) is 15.7. The molecule has 2 heterocycles. The first kappa shape index (κ1) is 18.9. The van der Waals surface area contributed by atoms with Gasteiger partial charge in [0.05, 0.1) is 6.10 Å². The molecule has 1 aromatic rings. The van der Waals surface area contributed by atoms with E-state index in [2.05, 4.69) is 9.51 Å². The lowest BCUT2D eigenvalue weighted by Gasteiger charge is -2.17. The monoisotopic (exact) mass is 356 g/mol. The van der Waals surface area contributed by atoms with E-state index in [9.17, 15) is 18.9 Å². The van der Waals surface area contributed by atoms with Crippen LogP contribution in [0.15, 0.2) is 17.1 Å². The van der Waals surface area contributed by atoms with Crippen LogP contribution in [-0.4, -0.2) is 44.0 Å². The summed E-state index contributed by atoms with van der Waals surface area (Å²) >= 11 is 0. The van der Waals surface area contributed by atoms with Crippen LogP contribution in [-0.2, 0) is 13.8 Å². The van der Waals surface area contributed by atoms with Crippen LogP contribution in [0, 0.1) is 0 Å². The molecular weight excluding hydrogens is 340 g/mol. The molecule has 2 unspecified atom stereocenters. The number of nitrogens with two attached hydrogens (primary N) is 1. The summed E-state index contributed by atoms with van der Waals surface area (Å²) in [6, 6.07) is 1.27. The van der Waals surface area contributed by atoms with E-state index in [1.54, 1.807) is 0 Å². The molecule has 0 amide bonds. The Labute approximate surface area is 132 Å². The highest BCUT2D eigenvalue weighted by Gasteiger charge is 2.53. The van der Waals surface area contributed by atoms with Gasteiger partial charge in [0.2, 0.25) is 0 Å². The maximum Gasteiger partial charge on any atom is 0.695 e. The predicted octanol–water partition coefficient (Wildman–Crippen LogP) is -0.411. The van der Waals surface area contributed by atoms with E-state index in [-0.39, 0.29) is 19.3 Å². The fraction of sp³-hybridized carbons (Fsp3) is 0.600. The van der Waals surface area contributed by atoms with Gasteiger partial charge in [-0.3, -0.25) is 4.57 Å². The number of halogens is 1. The zero-order valence-electron chi connectivity index (χ0n) is 11.4. The molecule has 0 radical (unpaired) electrons. The van der Waals surface area contributed by atoms with Crippen molar-refractivity contribution in [1.82, 2.24) is 9.55 Å². The average Bonchev–Trinajstić information content (AvgIpc) is 2.67. The number of aliphatic hydroxyl groups is 1. The molecule has 0 spiro atoms. The predicted molar refractivity (Wildman–Crippen MR) is 78.5 cm³/mol. The summed E-state index contributed by atoms with van der Waals surface area (Å²) in [6.07, 6.45) is -6.08. The summed E-state index contributed by atoms with van der Waals surface area (Å²) in [7, 11) is -3.09. The Morgan fingerprint density at radius 1 is 1.64 bits per heavy atom. The minimum Gasteiger partial charge on any atom is -0.391 e. The number of nitrogen functional groups attached to an aromatic ring is 1. The second kappa shape index (κ2) is 7.44. The summed E-state index contributed by atoms with van der Waals surface area (Å²) in [5, 5.41) is 9.56. The molecule has 1 aliphatic rings. The molecule has 4 N–H and O–H groups in total. The van der Waals surface area contributed by atoms with Gasteiger partial charge in [0.1, 0.15) is 11.9 Å². The SMILES string of the molecule is C[C@H](O)[C@H]1O[C@@H](n2ccc(N)nc2=O)C(F)[C@H]1O[P+](=O)O.S. The highest BCUT2D eigenvalue weighted by atomic mass is 32.1. The van der Waals surface area contributed by atoms with E-state index in [4.69, 9.17) is 15.4 Å². The molecule has 1 aliphatic heterocycles. The van der Waals surface area contributed by atoms with Crippen LogP contribution >= 0.6 is 21.8 Å².